The van der Waals surface area contributed by atoms with E-state index in [9.17, 15) is 8.42 Å². The van der Waals surface area contributed by atoms with Crippen LogP contribution in [0.3, 0.4) is 0 Å². The summed E-state index contributed by atoms with van der Waals surface area (Å²) in [7, 11) is -3.43. The molecule has 0 bridgehead atoms. The van der Waals surface area contributed by atoms with Crippen LogP contribution < -0.4 is 0 Å². The summed E-state index contributed by atoms with van der Waals surface area (Å²) in [6.07, 6.45) is 5.41. The van der Waals surface area contributed by atoms with Crippen molar-refractivity contribution in [2.45, 2.75) is 11.3 Å². The molecule has 1 aliphatic rings. The van der Waals surface area contributed by atoms with Crippen molar-refractivity contribution in [2.75, 3.05) is 6.54 Å². The molecule has 0 saturated heterocycles. The zero-order valence-corrected chi connectivity index (χ0v) is 9.37. The highest BCUT2D eigenvalue weighted by molar-refractivity contribution is 7.89. The fourth-order valence-electron chi connectivity index (χ4n) is 1.32. The lowest BCUT2D eigenvalue weighted by Gasteiger charge is -2.15. The van der Waals surface area contributed by atoms with E-state index in [0.717, 1.165) is 6.42 Å². The highest BCUT2D eigenvalue weighted by Gasteiger charge is 2.23. The van der Waals surface area contributed by atoms with Gasteiger partial charge in [0.1, 0.15) is 10.0 Å². The molecule has 80 valence electrons. The molecule has 0 N–H and O–H groups in total. The Labute approximate surface area is 93.2 Å². The Morgan fingerprint density at radius 1 is 1.40 bits per heavy atom. The lowest BCUT2D eigenvalue weighted by atomic mass is 10.5. The van der Waals surface area contributed by atoms with Crippen LogP contribution in [0.2, 0.25) is 5.15 Å². The summed E-state index contributed by atoms with van der Waals surface area (Å²) in [5, 5.41) is 0.283. The Morgan fingerprint density at radius 3 is 2.73 bits per heavy atom. The summed E-state index contributed by atoms with van der Waals surface area (Å²) in [4.78, 5) is 3.92. The number of aromatic nitrogens is 1. The van der Waals surface area contributed by atoms with Crippen LogP contribution >= 0.6 is 11.6 Å². The van der Waals surface area contributed by atoms with Crippen LogP contribution in [0.25, 0.3) is 0 Å². The van der Waals surface area contributed by atoms with Crippen molar-refractivity contribution in [3.05, 3.63) is 35.8 Å². The normalized spacial score (nSPS) is 15.9. The third-order valence-corrected chi connectivity index (χ3v) is 4.08. The van der Waals surface area contributed by atoms with Gasteiger partial charge in [0.25, 0.3) is 10.0 Å². The van der Waals surface area contributed by atoms with Crippen LogP contribution in [0.1, 0.15) is 6.42 Å². The van der Waals surface area contributed by atoms with Gasteiger partial charge in [-0.2, -0.15) is 0 Å². The van der Waals surface area contributed by atoms with Gasteiger partial charge in [-0.15, -0.1) is 0 Å². The second-order valence-electron chi connectivity index (χ2n) is 3.11. The first-order valence-electron chi connectivity index (χ1n) is 4.41. The molecular weight excluding hydrogens is 236 g/mol. The first kappa shape index (κ1) is 10.4. The summed E-state index contributed by atoms with van der Waals surface area (Å²) in [6.45, 7) is 0.491. The molecule has 0 unspecified atom stereocenters. The van der Waals surface area contributed by atoms with E-state index in [1.807, 2.05) is 6.08 Å². The quantitative estimate of drug-likeness (QED) is 0.744. The first-order valence-corrected chi connectivity index (χ1v) is 6.22. The van der Waals surface area contributed by atoms with Gasteiger partial charge in [-0.3, -0.25) is 4.31 Å². The molecule has 0 atom stereocenters. The molecule has 0 radical (unpaired) electrons. The van der Waals surface area contributed by atoms with Gasteiger partial charge in [-0.1, -0.05) is 17.7 Å². The molecule has 2 heterocycles. The molecule has 15 heavy (non-hydrogen) atoms. The number of sulfonamides is 1. The third-order valence-electron chi connectivity index (χ3n) is 2.09. The van der Waals surface area contributed by atoms with E-state index in [1.54, 1.807) is 6.20 Å². The van der Waals surface area contributed by atoms with Gasteiger partial charge in [-0.25, -0.2) is 13.4 Å². The molecule has 1 aromatic rings. The Balaban J connectivity index is 2.37. The molecule has 1 aromatic heterocycles. The number of hydrogen-bond donors (Lipinski definition) is 0. The van der Waals surface area contributed by atoms with Crippen LogP contribution in [-0.4, -0.2) is 24.3 Å². The van der Waals surface area contributed by atoms with Gasteiger partial charge in [0.05, 0.1) is 0 Å². The molecule has 0 fully saturated rings. The Kier molecular flexibility index (Phi) is 2.67. The molecule has 0 spiro atoms. The minimum Gasteiger partial charge on any atom is -0.273 e. The van der Waals surface area contributed by atoms with Crippen LogP contribution in [0.15, 0.2) is 35.5 Å². The Hall–Kier alpha value is -1.07. The summed E-state index contributed by atoms with van der Waals surface area (Å²) in [5.74, 6) is 0. The predicted molar refractivity (Wildman–Crippen MR) is 56.9 cm³/mol. The lowest BCUT2D eigenvalue weighted by molar-refractivity contribution is 0.516. The monoisotopic (exact) mass is 244 g/mol. The largest absolute Gasteiger partial charge is 0.273 e. The van der Waals surface area contributed by atoms with Gasteiger partial charge < -0.3 is 0 Å². The number of hydrogen-bond acceptors (Lipinski definition) is 3. The number of halogens is 1. The number of nitrogens with zero attached hydrogens (tertiary/aromatic N) is 2. The van der Waals surface area contributed by atoms with Gasteiger partial charge in [0.15, 0.2) is 0 Å². The van der Waals surface area contributed by atoms with E-state index in [0.29, 0.717) is 6.54 Å². The summed E-state index contributed by atoms with van der Waals surface area (Å²) in [5.41, 5.74) is 0. The second-order valence-corrected chi connectivity index (χ2v) is 5.38. The maximum Gasteiger partial charge on any atom is 0.265 e. The summed E-state index contributed by atoms with van der Waals surface area (Å²) >= 11 is 5.59. The van der Waals surface area contributed by atoms with Crippen molar-refractivity contribution < 1.29 is 8.42 Å². The van der Waals surface area contributed by atoms with Crippen LogP contribution in [0, 0.1) is 0 Å². The van der Waals surface area contributed by atoms with Crippen LogP contribution in [0.4, 0.5) is 0 Å². The van der Waals surface area contributed by atoms with Crippen molar-refractivity contribution in [2.24, 2.45) is 0 Å². The first-order chi connectivity index (χ1) is 7.10. The minimum atomic E-state index is -3.43. The molecule has 0 aliphatic carbocycles. The topological polar surface area (TPSA) is 50.3 Å². The Morgan fingerprint density at radius 2 is 2.20 bits per heavy atom. The highest BCUT2D eigenvalue weighted by atomic mass is 35.5. The minimum absolute atomic E-state index is 0.165. The average Bonchev–Trinajstić information content (AvgIpc) is 2.71. The van der Waals surface area contributed by atoms with E-state index in [-0.39, 0.29) is 10.0 Å². The smallest absolute Gasteiger partial charge is 0.265 e. The molecule has 0 saturated carbocycles. The Bertz CT molecular complexity index is 481. The molecular formula is C9H9ClN2O2S. The van der Waals surface area contributed by atoms with E-state index >= 15 is 0 Å². The fourth-order valence-corrected chi connectivity index (χ4v) is 2.72. The molecule has 4 nitrogen and oxygen atoms in total. The second kappa shape index (κ2) is 3.83. The maximum atomic E-state index is 11.9. The molecule has 0 amide bonds. The van der Waals surface area contributed by atoms with Crippen molar-refractivity contribution >= 4 is 21.6 Å². The van der Waals surface area contributed by atoms with E-state index in [1.165, 1.54) is 22.6 Å². The standard InChI is InChI=1S/C9H9ClN2O2S/c10-9-4-3-8(7-11-9)15(13,14)12-5-1-2-6-12/h1,3-5,7H,2,6H2. The zero-order valence-electron chi connectivity index (χ0n) is 7.80. The maximum absolute atomic E-state index is 11.9. The molecule has 1 aliphatic heterocycles. The van der Waals surface area contributed by atoms with Crippen molar-refractivity contribution in [3.63, 3.8) is 0 Å². The van der Waals surface area contributed by atoms with Gasteiger partial charge >= 0.3 is 0 Å². The number of rotatable bonds is 2. The van der Waals surface area contributed by atoms with Gasteiger partial charge in [0.2, 0.25) is 0 Å². The highest BCUT2D eigenvalue weighted by Crippen LogP contribution is 2.19. The molecule has 2 rings (SSSR count). The van der Waals surface area contributed by atoms with Gasteiger partial charge in [0, 0.05) is 18.9 Å². The summed E-state index contributed by atoms with van der Waals surface area (Å²) in [6, 6.07) is 2.92. The average molecular weight is 245 g/mol. The van der Waals surface area contributed by atoms with E-state index in [4.69, 9.17) is 11.6 Å². The van der Waals surface area contributed by atoms with E-state index < -0.39 is 10.0 Å². The van der Waals surface area contributed by atoms with Crippen LogP contribution in [-0.2, 0) is 10.0 Å². The third kappa shape index (κ3) is 1.98. The molecule has 0 aromatic carbocycles. The number of pyridine rings is 1. The van der Waals surface area contributed by atoms with Crippen molar-refractivity contribution in [1.82, 2.24) is 9.29 Å². The SMILES string of the molecule is O=S(=O)(c1ccc(Cl)nc1)N1C=CCC1. The van der Waals surface area contributed by atoms with Gasteiger partial charge in [-0.05, 0) is 18.6 Å². The van der Waals surface area contributed by atoms with E-state index in [2.05, 4.69) is 4.98 Å². The molecule has 6 heteroatoms. The fraction of sp³-hybridized carbons (Fsp3) is 0.222. The predicted octanol–water partition coefficient (Wildman–Crippen LogP) is 1.64. The van der Waals surface area contributed by atoms with Crippen molar-refractivity contribution in [3.8, 4) is 0 Å². The lowest BCUT2D eigenvalue weighted by Crippen LogP contribution is -2.24. The zero-order chi connectivity index (χ0) is 10.9. The van der Waals surface area contributed by atoms with Crippen LogP contribution in [0.5, 0.6) is 0 Å². The van der Waals surface area contributed by atoms with Crippen molar-refractivity contribution in [1.29, 1.82) is 0 Å². The summed E-state index contributed by atoms with van der Waals surface area (Å²) < 4.78 is 25.2.